The Kier molecular flexibility index (Phi) is 6.86. The van der Waals surface area contributed by atoms with Crippen LogP contribution < -0.4 is 19.1 Å². The molecule has 0 spiro atoms. The number of carbonyl (C=O) groups is 1. The lowest BCUT2D eigenvalue weighted by Crippen LogP contribution is -2.45. The molecule has 2 aromatic carbocycles. The molecule has 0 saturated carbocycles. The first kappa shape index (κ1) is 23.3. The van der Waals surface area contributed by atoms with Crippen LogP contribution in [0.5, 0.6) is 11.5 Å². The zero-order valence-corrected chi connectivity index (χ0v) is 17.5. The maximum absolute atomic E-state index is 12.9. The van der Waals surface area contributed by atoms with Crippen molar-refractivity contribution in [1.82, 2.24) is 0 Å². The minimum atomic E-state index is -4.58. The van der Waals surface area contributed by atoms with E-state index in [2.05, 4.69) is 5.32 Å². The number of nitrogens with one attached hydrogen (secondary N) is 1. The van der Waals surface area contributed by atoms with Gasteiger partial charge in [-0.1, -0.05) is 6.07 Å². The first-order valence-electron chi connectivity index (χ1n) is 8.58. The molecule has 1 amide bonds. The highest BCUT2D eigenvalue weighted by Gasteiger charge is 2.32. The number of hydrogen-bond donors (Lipinski definition) is 1. The van der Waals surface area contributed by atoms with Crippen molar-refractivity contribution < 1.29 is 35.9 Å². The van der Waals surface area contributed by atoms with E-state index in [9.17, 15) is 26.4 Å². The summed E-state index contributed by atoms with van der Waals surface area (Å²) in [5.41, 5.74) is -0.919. The highest BCUT2D eigenvalue weighted by Crippen LogP contribution is 2.34. The number of halogens is 3. The molecule has 0 bridgehead atoms. The summed E-state index contributed by atoms with van der Waals surface area (Å²) in [6.45, 7) is 1.32. The quantitative estimate of drug-likeness (QED) is 0.704. The van der Waals surface area contributed by atoms with Gasteiger partial charge in [0.2, 0.25) is 15.9 Å². The van der Waals surface area contributed by atoms with E-state index in [0.29, 0.717) is 5.75 Å². The summed E-state index contributed by atoms with van der Waals surface area (Å²) in [7, 11) is -1.15. The number of ether oxygens (including phenoxy) is 2. The van der Waals surface area contributed by atoms with Gasteiger partial charge in [0.25, 0.3) is 0 Å². The van der Waals surface area contributed by atoms with Crippen LogP contribution in [0.4, 0.5) is 24.5 Å². The topological polar surface area (TPSA) is 84.9 Å². The van der Waals surface area contributed by atoms with E-state index < -0.39 is 33.7 Å². The first-order chi connectivity index (χ1) is 13.9. The lowest BCUT2D eigenvalue weighted by Gasteiger charge is -2.28. The minimum absolute atomic E-state index is 0.109. The predicted octanol–water partition coefficient (Wildman–Crippen LogP) is 3.52. The molecule has 0 aliphatic heterocycles. The maximum atomic E-state index is 12.9. The summed E-state index contributed by atoms with van der Waals surface area (Å²) in [5, 5.41) is 2.33. The molecule has 0 aliphatic rings. The van der Waals surface area contributed by atoms with Crippen LogP contribution >= 0.6 is 0 Å². The van der Waals surface area contributed by atoms with Gasteiger partial charge in [-0.3, -0.25) is 9.10 Å². The Labute approximate surface area is 172 Å². The van der Waals surface area contributed by atoms with Crippen LogP contribution in [-0.2, 0) is 21.0 Å². The molecule has 0 aromatic heterocycles. The number of sulfonamides is 1. The lowest BCUT2D eigenvalue weighted by molar-refractivity contribution is -0.137. The molecular weight excluding hydrogens is 425 g/mol. The average Bonchev–Trinajstić information content (AvgIpc) is 2.66. The molecule has 0 saturated heterocycles. The van der Waals surface area contributed by atoms with E-state index in [1.807, 2.05) is 0 Å². The van der Waals surface area contributed by atoms with Gasteiger partial charge in [-0.05, 0) is 37.3 Å². The molecule has 1 N–H and O–H groups in total. The molecule has 0 heterocycles. The summed E-state index contributed by atoms with van der Waals surface area (Å²) in [6, 6.07) is 7.07. The van der Waals surface area contributed by atoms with E-state index in [1.165, 1.54) is 45.4 Å². The van der Waals surface area contributed by atoms with Gasteiger partial charge >= 0.3 is 6.18 Å². The normalized spacial score (nSPS) is 12.8. The Balaban J connectivity index is 2.37. The number of amides is 1. The number of rotatable bonds is 7. The molecule has 0 radical (unpaired) electrons. The molecule has 7 nitrogen and oxygen atoms in total. The largest absolute Gasteiger partial charge is 0.493 e. The fourth-order valence-corrected chi connectivity index (χ4v) is 3.96. The van der Waals surface area contributed by atoms with Gasteiger partial charge in [0, 0.05) is 11.8 Å². The van der Waals surface area contributed by atoms with Gasteiger partial charge in [0.05, 0.1) is 31.7 Å². The molecule has 11 heteroatoms. The van der Waals surface area contributed by atoms with Gasteiger partial charge in [0.1, 0.15) is 6.04 Å². The van der Waals surface area contributed by atoms with Gasteiger partial charge in [-0.15, -0.1) is 0 Å². The predicted molar refractivity (Wildman–Crippen MR) is 106 cm³/mol. The summed E-state index contributed by atoms with van der Waals surface area (Å²) in [5.74, 6) is -0.209. The third-order valence-electron chi connectivity index (χ3n) is 4.17. The van der Waals surface area contributed by atoms with E-state index in [4.69, 9.17) is 9.47 Å². The monoisotopic (exact) mass is 446 g/mol. The number of anilines is 2. The second-order valence-electron chi connectivity index (χ2n) is 6.34. The smallest absolute Gasteiger partial charge is 0.416 e. The highest BCUT2D eigenvalue weighted by atomic mass is 32.2. The number of hydrogen-bond acceptors (Lipinski definition) is 5. The number of nitrogens with zero attached hydrogens (tertiary/aromatic N) is 1. The van der Waals surface area contributed by atoms with Crippen molar-refractivity contribution in [1.29, 1.82) is 0 Å². The summed E-state index contributed by atoms with van der Waals surface area (Å²) < 4.78 is 74.6. The van der Waals surface area contributed by atoms with E-state index >= 15 is 0 Å². The third kappa shape index (κ3) is 5.35. The number of carbonyl (C=O) groups excluding carboxylic acids is 1. The number of alkyl halides is 3. The molecule has 2 rings (SSSR count). The average molecular weight is 446 g/mol. The summed E-state index contributed by atoms with van der Waals surface area (Å²) >= 11 is 0. The standard InChI is InChI=1S/C19H21F3N2O5S/c1-12(18(25)23-14-7-5-6-13(10-14)19(20,21)22)24(30(4,26)27)15-8-9-16(28-2)17(11-15)29-3/h5-12H,1-4H3,(H,23,25)/t12-/m1/s1. The van der Waals surface area contributed by atoms with Crippen molar-refractivity contribution >= 4 is 27.3 Å². The van der Waals surface area contributed by atoms with Crippen molar-refractivity contribution in [2.45, 2.75) is 19.1 Å². The molecule has 0 aliphatic carbocycles. The number of benzene rings is 2. The fourth-order valence-electron chi connectivity index (χ4n) is 2.79. The Morgan fingerprint density at radius 3 is 2.23 bits per heavy atom. The lowest BCUT2D eigenvalue weighted by atomic mass is 10.2. The van der Waals surface area contributed by atoms with Crippen molar-refractivity contribution in [2.24, 2.45) is 0 Å². The summed E-state index contributed by atoms with van der Waals surface area (Å²) in [4.78, 5) is 12.7. The third-order valence-corrected chi connectivity index (χ3v) is 5.41. The van der Waals surface area contributed by atoms with Crippen LogP contribution in [-0.4, -0.2) is 40.8 Å². The van der Waals surface area contributed by atoms with Crippen molar-refractivity contribution in [3.63, 3.8) is 0 Å². The van der Waals surface area contributed by atoms with Gasteiger partial charge < -0.3 is 14.8 Å². The van der Waals surface area contributed by atoms with E-state index in [0.717, 1.165) is 28.8 Å². The Morgan fingerprint density at radius 2 is 1.70 bits per heavy atom. The SMILES string of the molecule is COc1ccc(N([C@H](C)C(=O)Nc2cccc(C(F)(F)F)c2)S(C)(=O)=O)cc1OC. The Hall–Kier alpha value is -2.95. The Morgan fingerprint density at radius 1 is 1.07 bits per heavy atom. The number of methoxy groups -OCH3 is 2. The van der Waals surface area contributed by atoms with Crippen LogP contribution in [0.15, 0.2) is 42.5 Å². The van der Waals surface area contributed by atoms with Crippen molar-refractivity contribution in [2.75, 3.05) is 30.1 Å². The zero-order chi connectivity index (χ0) is 22.7. The van der Waals surface area contributed by atoms with Gasteiger partial charge in [-0.2, -0.15) is 13.2 Å². The first-order valence-corrected chi connectivity index (χ1v) is 10.4. The molecule has 1 atom stereocenters. The highest BCUT2D eigenvalue weighted by molar-refractivity contribution is 7.92. The van der Waals surface area contributed by atoms with E-state index in [1.54, 1.807) is 0 Å². The van der Waals surface area contributed by atoms with Gasteiger partial charge in [0.15, 0.2) is 11.5 Å². The van der Waals surface area contributed by atoms with Crippen LogP contribution in [0.2, 0.25) is 0 Å². The second-order valence-corrected chi connectivity index (χ2v) is 8.20. The van der Waals surface area contributed by atoms with Crippen molar-refractivity contribution in [3.05, 3.63) is 48.0 Å². The fraction of sp³-hybridized carbons (Fsp3) is 0.316. The molecule has 164 valence electrons. The Bertz CT molecular complexity index is 1030. The second kappa shape index (κ2) is 8.82. The minimum Gasteiger partial charge on any atom is -0.493 e. The van der Waals surface area contributed by atoms with Crippen LogP contribution in [0, 0.1) is 0 Å². The maximum Gasteiger partial charge on any atom is 0.416 e. The summed E-state index contributed by atoms with van der Waals surface area (Å²) in [6.07, 6.45) is -3.66. The van der Waals surface area contributed by atoms with Gasteiger partial charge in [-0.25, -0.2) is 8.42 Å². The molecular formula is C19H21F3N2O5S. The molecule has 0 unspecified atom stereocenters. The molecule has 0 fully saturated rings. The van der Waals surface area contributed by atoms with Crippen LogP contribution in [0.1, 0.15) is 12.5 Å². The van der Waals surface area contributed by atoms with Crippen LogP contribution in [0.3, 0.4) is 0 Å². The zero-order valence-electron chi connectivity index (χ0n) is 16.6. The van der Waals surface area contributed by atoms with E-state index in [-0.39, 0.29) is 17.1 Å². The molecule has 30 heavy (non-hydrogen) atoms. The van der Waals surface area contributed by atoms with Crippen molar-refractivity contribution in [3.8, 4) is 11.5 Å². The van der Waals surface area contributed by atoms with Crippen LogP contribution in [0.25, 0.3) is 0 Å². The molecule has 2 aromatic rings.